The highest BCUT2D eigenvalue weighted by Crippen LogP contribution is 2.25. The Morgan fingerprint density at radius 2 is 1.75 bits per heavy atom. The van der Waals surface area contributed by atoms with Crippen molar-refractivity contribution in [3.63, 3.8) is 0 Å². The highest BCUT2D eigenvalue weighted by molar-refractivity contribution is 5.72. The van der Waals surface area contributed by atoms with Crippen LogP contribution in [0, 0.1) is 12.7 Å². The molecule has 5 aromatic rings. The van der Waals surface area contributed by atoms with E-state index in [0.29, 0.717) is 22.6 Å². The molecule has 0 fully saturated rings. The van der Waals surface area contributed by atoms with Crippen molar-refractivity contribution in [2.24, 2.45) is 0 Å². The molecule has 0 radical (unpaired) electrons. The zero-order valence-corrected chi connectivity index (χ0v) is 17.1. The molecule has 0 aliphatic heterocycles. The van der Waals surface area contributed by atoms with Crippen LogP contribution >= 0.6 is 0 Å². The van der Waals surface area contributed by atoms with Crippen molar-refractivity contribution in [1.82, 2.24) is 24.3 Å². The first kappa shape index (κ1) is 19.8. The first-order valence-electron chi connectivity index (χ1n) is 9.90. The van der Waals surface area contributed by atoms with E-state index < -0.39 is 6.61 Å². The fourth-order valence-electron chi connectivity index (χ4n) is 3.55. The summed E-state index contributed by atoms with van der Waals surface area (Å²) in [7, 11) is 0. The maximum Gasteiger partial charge on any atom is 0.277 e. The van der Waals surface area contributed by atoms with Crippen LogP contribution in [0.3, 0.4) is 0 Å². The van der Waals surface area contributed by atoms with E-state index in [4.69, 9.17) is 4.52 Å². The van der Waals surface area contributed by atoms with E-state index in [0.717, 1.165) is 11.1 Å². The Morgan fingerprint density at radius 3 is 2.47 bits per heavy atom. The van der Waals surface area contributed by atoms with Gasteiger partial charge in [0, 0.05) is 29.1 Å². The van der Waals surface area contributed by atoms with Gasteiger partial charge in [0.25, 0.3) is 5.56 Å². The summed E-state index contributed by atoms with van der Waals surface area (Å²) < 4.78 is 21.5. The fourth-order valence-corrected chi connectivity index (χ4v) is 3.55. The molecule has 0 bridgehead atoms. The highest BCUT2D eigenvalue weighted by Gasteiger charge is 2.19. The van der Waals surface area contributed by atoms with Crippen molar-refractivity contribution >= 4 is 5.52 Å². The van der Waals surface area contributed by atoms with Gasteiger partial charge in [0.15, 0.2) is 0 Å². The number of aliphatic hydroxyl groups excluding tert-OH is 1. The smallest absolute Gasteiger partial charge is 0.277 e. The van der Waals surface area contributed by atoms with Crippen molar-refractivity contribution in [3.05, 3.63) is 94.1 Å². The number of halogens is 1. The third-order valence-corrected chi connectivity index (χ3v) is 5.22. The predicted molar refractivity (Wildman–Crippen MR) is 114 cm³/mol. The molecule has 9 heteroatoms. The van der Waals surface area contributed by atoms with Crippen LogP contribution in [0.15, 0.2) is 70.2 Å². The van der Waals surface area contributed by atoms with Gasteiger partial charge in [0.1, 0.15) is 17.9 Å². The third kappa shape index (κ3) is 3.48. The summed E-state index contributed by atoms with van der Waals surface area (Å²) >= 11 is 0. The fraction of sp³-hybridized carbons (Fsp3) is 0.130. The zero-order chi connectivity index (χ0) is 22.2. The number of aromatic nitrogens is 5. The number of hydrogen-bond acceptors (Lipinski definition) is 6. The van der Waals surface area contributed by atoms with E-state index in [1.54, 1.807) is 24.5 Å². The van der Waals surface area contributed by atoms with Crippen molar-refractivity contribution in [3.8, 4) is 22.6 Å². The van der Waals surface area contributed by atoms with Crippen LogP contribution < -0.4 is 5.56 Å². The molecule has 0 saturated carbocycles. The molecule has 5 rings (SSSR count). The monoisotopic (exact) mass is 431 g/mol. The van der Waals surface area contributed by atoms with E-state index in [1.165, 1.54) is 21.2 Å². The Balaban J connectivity index is 1.52. The minimum atomic E-state index is -0.395. The lowest BCUT2D eigenvalue weighted by molar-refractivity contribution is 0.283. The molecular formula is C23H18FN5O3. The van der Waals surface area contributed by atoms with Gasteiger partial charge in [0.2, 0.25) is 11.7 Å². The Hall–Kier alpha value is -4.11. The number of nitrogens with zero attached hydrogens (tertiary/aromatic N) is 5. The normalized spacial score (nSPS) is 11.3. The number of fused-ring (bicyclic) bond motifs is 1. The molecule has 0 spiro atoms. The SMILES string of the molecule is Cc1ccc(-c2noc(Cn3ccn4nc(-c5ccc(F)cc5)c(CO)c4c3=O)n2)cc1. The molecule has 8 nitrogen and oxygen atoms in total. The second-order valence-corrected chi connectivity index (χ2v) is 7.39. The molecule has 0 aliphatic carbocycles. The maximum absolute atomic E-state index is 13.3. The highest BCUT2D eigenvalue weighted by atomic mass is 19.1. The quantitative estimate of drug-likeness (QED) is 0.459. The van der Waals surface area contributed by atoms with Gasteiger partial charge in [-0.05, 0) is 31.2 Å². The van der Waals surface area contributed by atoms with E-state index >= 15 is 0 Å². The molecular weight excluding hydrogens is 413 g/mol. The van der Waals surface area contributed by atoms with Crippen molar-refractivity contribution < 1.29 is 14.0 Å². The van der Waals surface area contributed by atoms with Gasteiger partial charge in [-0.25, -0.2) is 8.91 Å². The Labute approximate surface area is 181 Å². The number of hydrogen-bond donors (Lipinski definition) is 1. The minimum Gasteiger partial charge on any atom is -0.392 e. The lowest BCUT2D eigenvalue weighted by atomic mass is 10.1. The van der Waals surface area contributed by atoms with E-state index in [9.17, 15) is 14.3 Å². The largest absolute Gasteiger partial charge is 0.392 e. The molecule has 0 amide bonds. The summed E-state index contributed by atoms with van der Waals surface area (Å²) in [6.07, 6.45) is 3.17. The molecule has 32 heavy (non-hydrogen) atoms. The van der Waals surface area contributed by atoms with Crippen molar-refractivity contribution in [2.45, 2.75) is 20.1 Å². The molecule has 0 aliphatic rings. The van der Waals surface area contributed by atoms with Crippen LogP contribution in [0.25, 0.3) is 28.2 Å². The van der Waals surface area contributed by atoms with Gasteiger partial charge in [-0.1, -0.05) is 35.0 Å². The summed E-state index contributed by atoms with van der Waals surface area (Å²) in [6.45, 7) is 1.66. The van der Waals surface area contributed by atoms with Crippen molar-refractivity contribution in [1.29, 1.82) is 0 Å². The Bertz CT molecular complexity index is 1470. The topological polar surface area (TPSA) is 98.5 Å². The van der Waals surface area contributed by atoms with Gasteiger partial charge in [-0.2, -0.15) is 10.1 Å². The summed E-state index contributed by atoms with van der Waals surface area (Å²) in [5.74, 6) is 0.332. The molecule has 0 unspecified atom stereocenters. The maximum atomic E-state index is 13.3. The van der Waals surface area contributed by atoms with Gasteiger partial charge in [-0.3, -0.25) is 4.79 Å². The second kappa shape index (κ2) is 7.86. The molecule has 0 saturated heterocycles. The van der Waals surface area contributed by atoms with Gasteiger partial charge < -0.3 is 14.2 Å². The summed E-state index contributed by atoms with van der Waals surface area (Å²) in [5, 5.41) is 18.4. The van der Waals surface area contributed by atoms with Gasteiger partial charge in [0.05, 0.1) is 12.3 Å². The Morgan fingerprint density at radius 1 is 1.03 bits per heavy atom. The first-order valence-corrected chi connectivity index (χ1v) is 9.90. The molecule has 3 aromatic heterocycles. The number of rotatable bonds is 5. The van der Waals surface area contributed by atoms with Crippen molar-refractivity contribution in [2.75, 3.05) is 0 Å². The third-order valence-electron chi connectivity index (χ3n) is 5.22. The lowest BCUT2D eigenvalue weighted by Gasteiger charge is -2.03. The second-order valence-electron chi connectivity index (χ2n) is 7.39. The van der Waals surface area contributed by atoms with Crippen LogP contribution in [0.1, 0.15) is 17.0 Å². The van der Waals surface area contributed by atoms with E-state index in [2.05, 4.69) is 15.2 Å². The summed E-state index contributed by atoms with van der Waals surface area (Å²) in [5.41, 5.74) is 3.18. The summed E-state index contributed by atoms with van der Waals surface area (Å²) in [6, 6.07) is 13.4. The average Bonchev–Trinajstić information content (AvgIpc) is 3.42. The number of benzene rings is 2. The van der Waals surface area contributed by atoms with Crippen LogP contribution in [-0.2, 0) is 13.2 Å². The Kier molecular flexibility index (Phi) is 4.87. The van der Waals surface area contributed by atoms with E-state index in [-0.39, 0.29) is 29.3 Å². The lowest BCUT2D eigenvalue weighted by Crippen LogP contribution is -2.22. The van der Waals surface area contributed by atoms with Gasteiger partial charge in [-0.15, -0.1) is 0 Å². The number of aliphatic hydroxyl groups is 1. The van der Waals surface area contributed by atoms with Crippen LogP contribution in [0.4, 0.5) is 4.39 Å². The molecule has 0 atom stereocenters. The molecule has 3 heterocycles. The van der Waals surface area contributed by atoms with Crippen LogP contribution in [0.5, 0.6) is 0 Å². The first-order chi connectivity index (χ1) is 15.5. The standard InChI is InChI=1S/C23H18FN5O3/c1-14-2-4-16(5-3-14)22-25-19(32-27-22)12-28-10-11-29-21(23(28)31)18(13-30)20(26-29)15-6-8-17(24)9-7-15/h2-11,30H,12-13H2,1H3. The van der Waals surface area contributed by atoms with Crippen LogP contribution in [0.2, 0.25) is 0 Å². The average molecular weight is 431 g/mol. The predicted octanol–water partition coefficient (Wildman–Crippen LogP) is 3.20. The minimum absolute atomic E-state index is 0.0656. The van der Waals surface area contributed by atoms with E-state index in [1.807, 2.05) is 31.2 Å². The molecule has 2 aromatic carbocycles. The van der Waals surface area contributed by atoms with Crippen LogP contribution in [-0.4, -0.2) is 29.4 Å². The molecule has 1 N–H and O–H groups in total. The number of aryl methyl sites for hydroxylation is 1. The van der Waals surface area contributed by atoms with Gasteiger partial charge >= 0.3 is 0 Å². The zero-order valence-electron chi connectivity index (χ0n) is 17.1. The molecule has 160 valence electrons. The summed E-state index contributed by atoms with van der Waals surface area (Å²) in [4.78, 5) is 17.6.